The lowest BCUT2D eigenvalue weighted by atomic mass is 10.1. The lowest BCUT2D eigenvalue weighted by Gasteiger charge is -2.06. The minimum atomic E-state index is -4.27. The Hall–Kier alpha value is -1.43. The molecule has 0 saturated carbocycles. The first kappa shape index (κ1) is 10.6. The van der Waals surface area contributed by atoms with Gasteiger partial charge >= 0.3 is 6.18 Å². The number of rotatable bonds is 1. The van der Waals surface area contributed by atoms with Crippen LogP contribution < -0.4 is 0 Å². The van der Waals surface area contributed by atoms with E-state index in [1.807, 2.05) is 0 Å². The van der Waals surface area contributed by atoms with Crippen LogP contribution in [0.3, 0.4) is 0 Å². The normalized spacial score (nSPS) is 10.6. The van der Waals surface area contributed by atoms with Crippen LogP contribution in [0.2, 0.25) is 0 Å². The summed E-state index contributed by atoms with van der Waals surface area (Å²) in [5, 5.41) is 0. The Kier molecular flexibility index (Phi) is 3.19. The molecule has 0 aromatic heterocycles. The van der Waals surface area contributed by atoms with Gasteiger partial charge in [-0.25, -0.2) is 0 Å². The van der Waals surface area contributed by atoms with Gasteiger partial charge in [-0.2, -0.15) is 13.2 Å². The molecule has 0 heterocycles. The highest BCUT2D eigenvalue weighted by molar-refractivity contribution is 5.28. The average molecular weight is 198 g/mol. The number of halogens is 3. The topological polar surface area (TPSA) is 0 Å². The summed E-state index contributed by atoms with van der Waals surface area (Å²) in [6, 6.07) is 5.22. The molecule has 14 heavy (non-hydrogen) atoms. The van der Waals surface area contributed by atoms with Crippen LogP contribution in [-0.2, 0) is 12.6 Å². The molecule has 1 aromatic carbocycles. The number of hydrogen-bond donors (Lipinski definition) is 0. The number of benzene rings is 1. The van der Waals surface area contributed by atoms with Crippen molar-refractivity contribution in [1.29, 1.82) is 0 Å². The zero-order valence-corrected chi connectivity index (χ0v) is 7.65. The van der Waals surface area contributed by atoms with Crippen LogP contribution in [0.5, 0.6) is 0 Å². The van der Waals surface area contributed by atoms with E-state index in [2.05, 4.69) is 11.8 Å². The summed E-state index contributed by atoms with van der Waals surface area (Å²) in [4.78, 5) is 0. The second-order valence-corrected chi connectivity index (χ2v) is 2.80. The first-order chi connectivity index (χ1) is 6.54. The predicted octanol–water partition coefficient (Wildman–Crippen LogP) is 3.27. The first-order valence-corrected chi connectivity index (χ1v) is 4.10. The second kappa shape index (κ2) is 4.19. The van der Waals surface area contributed by atoms with Crippen LogP contribution in [0.1, 0.15) is 18.1 Å². The van der Waals surface area contributed by atoms with Gasteiger partial charge < -0.3 is 0 Å². The molecular weight excluding hydrogens is 189 g/mol. The summed E-state index contributed by atoms with van der Waals surface area (Å²) in [5.41, 5.74) is -0.0259. The third-order valence-electron chi connectivity index (χ3n) is 1.72. The summed E-state index contributed by atoms with van der Waals surface area (Å²) >= 11 is 0. The number of hydrogen-bond acceptors (Lipinski definition) is 0. The fraction of sp³-hybridized carbons (Fsp3) is 0.273. The molecule has 0 N–H and O–H groups in total. The molecule has 0 aliphatic rings. The summed E-state index contributed by atoms with van der Waals surface area (Å²) in [6.45, 7) is 1.66. The molecule has 0 aliphatic heterocycles. The Bertz CT molecular complexity index is 366. The minimum absolute atomic E-state index is 0.362. The SMILES string of the molecule is CC#CCc1cccc(C(F)(F)F)c1. The smallest absolute Gasteiger partial charge is 0.166 e. The molecule has 0 nitrogen and oxygen atoms in total. The van der Waals surface area contributed by atoms with Crippen molar-refractivity contribution in [3.05, 3.63) is 35.4 Å². The Morgan fingerprint density at radius 3 is 2.57 bits per heavy atom. The van der Waals surface area contributed by atoms with Crippen LogP contribution >= 0.6 is 0 Å². The van der Waals surface area contributed by atoms with Crippen molar-refractivity contribution in [2.24, 2.45) is 0 Å². The quantitative estimate of drug-likeness (QED) is 0.607. The molecule has 0 atom stereocenters. The Balaban J connectivity index is 2.93. The van der Waals surface area contributed by atoms with Gasteiger partial charge in [0.2, 0.25) is 0 Å². The van der Waals surface area contributed by atoms with Gasteiger partial charge in [-0.15, -0.1) is 5.92 Å². The fourth-order valence-electron chi connectivity index (χ4n) is 1.05. The van der Waals surface area contributed by atoms with E-state index in [1.54, 1.807) is 13.0 Å². The first-order valence-electron chi connectivity index (χ1n) is 4.10. The molecule has 3 heteroatoms. The summed E-state index contributed by atoms with van der Waals surface area (Å²) in [7, 11) is 0. The van der Waals surface area contributed by atoms with E-state index in [9.17, 15) is 13.2 Å². The third kappa shape index (κ3) is 2.81. The fourth-order valence-corrected chi connectivity index (χ4v) is 1.05. The van der Waals surface area contributed by atoms with Gasteiger partial charge in [-0.05, 0) is 18.6 Å². The van der Waals surface area contributed by atoms with Crippen molar-refractivity contribution < 1.29 is 13.2 Å². The monoisotopic (exact) mass is 198 g/mol. The molecule has 0 spiro atoms. The van der Waals surface area contributed by atoms with Crippen molar-refractivity contribution >= 4 is 0 Å². The van der Waals surface area contributed by atoms with E-state index >= 15 is 0 Å². The molecule has 0 saturated heterocycles. The maximum atomic E-state index is 12.3. The number of alkyl halides is 3. The second-order valence-electron chi connectivity index (χ2n) is 2.80. The van der Waals surface area contributed by atoms with Crippen LogP contribution in [0.4, 0.5) is 13.2 Å². The standard InChI is InChI=1S/C11H9F3/c1-2-3-5-9-6-4-7-10(8-9)11(12,13)14/h4,6-8H,5H2,1H3. The van der Waals surface area contributed by atoms with E-state index in [1.165, 1.54) is 6.07 Å². The van der Waals surface area contributed by atoms with Gasteiger partial charge in [0.05, 0.1) is 5.56 Å². The van der Waals surface area contributed by atoms with Crippen molar-refractivity contribution in [2.75, 3.05) is 0 Å². The van der Waals surface area contributed by atoms with Gasteiger partial charge in [-0.1, -0.05) is 24.1 Å². The van der Waals surface area contributed by atoms with Gasteiger partial charge in [0, 0.05) is 6.42 Å². The van der Waals surface area contributed by atoms with Crippen LogP contribution in [-0.4, -0.2) is 0 Å². The zero-order valence-electron chi connectivity index (χ0n) is 7.65. The molecule has 0 aliphatic carbocycles. The lowest BCUT2D eigenvalue weighted by Crippen LogP contribution is -2.04. The summed E-state index contributed by atoms with van der Waals surface area (Å²) < 4.78 is 36.8. The molecule has 74 valence electrons. The molecule has 0 unspecified atom stereocenters. The van der Waals surface area contributed by atoms with Crippen LogP contribution in [0.15, 0.2) is 24.3 Å². The largest absolute Gasteiger partial charge is 0.416 e. The Morgan fingerprint density at radius 1 is 1.29 bits per heavy atom. The molecule has 0 bridgehead atoms. The maximum Gasteiger partial charge on any atom is 0.416 e. The summed E-state index contributed by atoms with van der Waals surface area (Å²) in [5.74, 6) is 5.37. The van der Waals surface area contributed by atoms with Crippen molar-refractivity contribution in [1.82, 2.24) is 0 Å². The maximum absolute atomic E-state index is 12.3. The van der Waals surface area contributed by atoms with Crippen LogP contribution in [0.25, 0.3) is 0 Å². The highest BCUT2D eigenvalue weighted by Crippen LogP contribution is 2.29. The van der Waals surface area contributed by atoms with E-state index < -0.39 is 11.7 Å². The molecule has 0 amide bonds. The summed E-state index contributed by atoms with van der Waals surface area (Å²) in [6.07, 6.45) is -3.91. The Morgan fingerprint density at radius 2 is 2.00 bits per heavy atom. The Labute approximate surface area is 80.8 Å². The minimum Gasteiger partial charge on any atom is -0.166 e. The van der Waals surface area contributed by atoms with E-state index in [-0.39, 0.29) is 0 Å². The predicted molar refractivity (Wildman–Crippen MR) is 48.6 cm³/mol. The van der Waals surface area contributed by atoms with Crippen molar-refractivity contribution in [3.63, 3.8) is 0 Å². The van der Waals surface area contributed by atoms with Gasteiger partial charge in [0.25, 0.3) is 0 Å². The van der Waals surface area contributed by atoms with Crippen molar-refractivity contribution in [2.45, 2.75) is 19.5 Å². The molecule has 0 fully saturated rings. The van der Waals surface area contributed by atoms with Gasteiger partial charge in [0.1, 0.15) is 0 Å². The average Bonchev–Trinajstić information content (AvgIpc) is 2.14. The highest BCUT2D eigenvalue weighted by atomic mass is 19.4. The van der Waals surface area contributed by atoms with E-state index in [0.29, 0.717) is 12.0 Å². The molecule has 1 aromatic rings. The molecule has 1 rings (SSSR count). The van der Waals surface area contributed by atoms with E-state index in [4.69, 9.17) is 0 Å². The van der Waals surface area contributed by atoms with Gasteiger partial charge in [-0.3, -0.25) is 0 Å². The van der Waals surface area contributed by atoms with E-state index in [0.717, 1.165) is 12.1 Å². The molecule has 0 radical (unpaired) electrons. The zero-order chi connectivity index (χ0) is 10.6. The van der Waals surface area contributed by atoms with Crippen molar-refractivity contribution in [3.8, 4) is 11.8 Å². The van der Waals surface area contributed by atoms with Gasteiger partial charge in [0.15, 0.2) is 0 Å². The lowest BCUT2D eigenvalue weighted by molar-refractivity contribution is -0.137. The third-order valence-corrected chi connectivity index (χ3v) is 1.72. The van der Waals surface area contributed by atoms with Crippen LogP contribution in [0, 0.1) is 11.8 Å². The molecular formula is C11H9F3. The highest BCUT2D eigenvalue weighted by Gasteiger charge is 2.30.